The number of benzene rings is 2. The number of aromatic nitrogens is 2. The van der Waals surface area contributed by atoms with Crippen molar-refractivity contribution in [2.45, 2.75) is 0 Å². The lowest BCUT2D eigenvalue weighted by Crippen LogP contribution is -2.13. The Morgan fingerprint density at radius 2 is 1.82 bits per heavy atom. The Balaban J connectivity index is 1.96. The number of ether oxygens (including phenoxy) is 3. The van der Waals surface area contributed by atoms with Crippen LogP contribution in [0.1, 0.15) is 0 Å². The molecule has 3 aromatic rings. The van der Waals surface area contributed by atoms with Crippen LogP contribution in [0.2, 0.25) is 0 Å². The highest BCUT2D eigenvalue weighted by Crippen LogP contribution is 2.40. The first kappa shape index (κ1) is 19.7. The van der Waals surface area contributed by atoms with Crippen LogP contribution in [0.5, 0.6) is 17.2 Å². The van der Waals surface area contributed by atoms with Gasteiger partial charge in [0.05, 0.1) is 42.9 Å². The molecule has 1 heterocycles. The van der Waals surface area contributed by atoms with Crippen LogP contribution >= 0.6 is 0 Å². The lowest BCUT2D eigenvalue weighted by molar-refractivity contribution is 0.311. The molecule has 0 aliphatic heterocycles. The van der Waals surface area contributed by atoms with E-state index in [1.165, 1.54) is 7.11 Å². The zero-order valence-corrected chi connectivity index (χ0v) is 16.6. The van der Waals surface area contributed by atoms with Crippen molar-refractivity contribution in [3.63, 3.8) is 0 Å². The van der Waals surface area contributed by atoms with Crippen molar-refractivity contribution in [2.24, 2.45) is 0 Å². The molecule has 1 aromatic heterocycles. The largest absolute Gasteiger partial charge is 0.497 e. The number of hydrogen-bond donors (Lipinski definition) is 1. The van der Waals surface area contributed by atoms with E-state index in [9.17, 15) is 8.42 Å². The lowest BCUT2D eigenvalue weighted by atomic mass is 10.2. The van der Waals surface area contributed by atoms with Crippen LogP contribution in [-0.2, 0) is 9.84 Å². The van der Waals surface area contributed by atoms with Gasteiger partial charge in [0.2, 0.25) is 0 Å². The maximum absolute atomic E-state index is 11.4. The SMILES string of the molecule is COc1cc(Nc2cnc3ccccc3n2)c(OCCS(C)(=O)=O)c(OC)c1. The Labute approximate surface area is 163 Å². The van der Waals surface area contributed by atoms with E-state index in [2.05, 4.69) is 15.3 Å². The average Bonchev–Trinajstić information content (AvgIpc) is 2.67. The summed E-state index contributed by atoms with van der Waals surface area (Å²) < 4.78 is 39.2. The second-order valence-corrected chi connectivity index (χ2v) is 8.31. The third kappa shape index (κ3) is 4.80. The first-order valence-electron chi connectivity index (χ1n) is 8.45. The Morgan fingerprint density at radius 3 is 2.50 bits per heavy atom. The quantitative estimate of drug-likeness (QED) is 0.613. The summed E-state index contributed by atoms with van der Waals surface area (Å²) in [5.41, 5.74) is 2.04. The van der Waals surface area contributed by atoms with Gasteiger partial charge in [-0.15, -0.1) is 0 Å². The van der Waals surface area contributed by atoms with E-state index in [4.69, 9.17) is 14.2 Å². The van der Waals surface area contributed by atoms with Gasteiger partial charge in [0.1, 0.15) is 18.2 Å². The zero-order valence-electron chi connectivity index (χ0n) is 15.8. The summed E-state index contributed by atoms with van der Waals surface area (Å²) in [6, 6.07) is 10.9. The molecule has 0 spiro atoms. The molecule has 0 amide bonds. The van der Waals surface area contributed by atoms with Gasteiger partial charge in [0, 0.05) is 18.4 Å². The van der Waals surface area contributed by atoms with Crippen molar-refractivity contribution in [3.8, 4) is 17.2 Å². The lowest BCUT2D eigenvalue weighted by Gasteiger charge is -2.17. The van der Waals surface area contributed by atoms with E-state index < -0.39 is 9.84 Å². The van der Waals surface area contributed by atoms with Crippen LogP contribution < -0.4 is 19.5 Å². The summed E-state index contributed by atoms with van der Waals surface area (Å²) in [7, 11) is -0.118. The van der Waals surface area contributed by atoms with Gasteiger partial charge in [-0.2, -0.15) is 0 Å². The molecule has 0 fully saturated rings. The number of methoxy groups -OCH3 is 2. The number of sulfone groups is 1. The molecule has 2 aromatic carbocycles. The summed E-state index contributed by atoms with van der Waals surface area (Å²) in [4.78, 5) is 8.91. The van der Waals surface area contributed by atoms with Gasteiger partial charge in [-0.05, 0) is 12.1 Å². The minimum Gasteiger partial charge on any atom is -0.497 e. The Hall–Kier alpha value is -3.07. The van der Waals surface area contributed by atoms with E-state index in [0.717, 1.165) is 17.3 Å². The Bertz CT molecular complexity index is 1090. The molecule has 0 saturated heterocycles. The van der Waals surface area contributed by atoms with Gasteiger partial charge in [-0.25, -0.2) is 13.4 Å². The van der Waals surface area contributed by atoms with Crippen LogP contribution in [0.25, 0.3) is 11.0 Å². The van der Waals surface area contributed by atoms with Crippen molar-refractivity contribution >= 4 is 32.4 Å². The van der Waals surface area contributed by atoms with Crippen molar-refractivity contribution in [1.82, 2.24) is 9.97 Å². The average molecular weight is 403 g/mol. The summed E-state index contributed by atoms with van der Waals surface area (Å²) >= 11 is 0. The summed E-state index contributed by atoms with van der Waals surface area (Å²) in [5.74, 6) is 1.70. The van der Waals surface area contributed by atoms with Gasteiger partial charge in [0.15, 0.2) is 21.3 Å². The summed E-state index contributed by atoms with van der Waals surface area (Å²) in [6.07, 6.45) is 2.76. The Kier molecular flexibility index (Phi) is 5.84. The normalized spacial score (nSPS) is 11.2. The predicted octanol–water partition coefficient (Wildman–Crippen LogP) is 2.81. The number of fused-ring (bicyclic) bond motifs is 1. The van der Waals surface area contributed by atoms with E-state index in [0.29, 0.717) is 28.8 Å². The fourth-order valence-electron chi connectivity index (χ4n) is 2.54. The summed E-state index contributed by atoms with van der Waals surface area (Å²) in [5, 5.41) is 3.15. The zero-order chi connectivity index (χ0) is 20.1. The highest BCUT2D eigenvalue weighted by atomic mass is 32.2. The van der Waals surface area contributed by atoms with Crippen LogP contribution in [0.15, 0.2) is 42.6 Å². The Morgan fingerprint density at radius 1 is 1.07 bits per heavy atom. The third-order valence-corrected chi connectivity index (χ3v) is 4.80. The van der Waals surface area contributed by atoms with E-state index in [1.807, 2.05) is 24.3 Å². The molecule has 0 aliphatic carbocycles. The van der Waals surface area contributed by atoms with Crippen LogP contribution in [0.3, 0.4) is 0 Å². The molecule has 1 N–H and O–H groups in total. The third-order valence-electron chi connectivity index (χ3n) is 3.90. The van der Waals surface area contributed by atoms with Crippen LogP contribution in [0, 0.1) is 0 Å². The number of nitrogens with zero attached hydrogens (tertiary/aromatic N) is 2. The molecule has 0 radical (unpaired) electrons. The monoisotopic (exact) mass is 403 g/mol. The first-order chi connectivity index (χ1) is 13.4. The minimum absolute atomic E-state index is 0.0143. The number of rotatable bonds is 8. The van der Waals surface area contributed by atoms with Crippen molar-refractivity contribution in [3.05, 3.63) is 42.6 Å². The molecule has 3 rings (SSSR count). The molecule has 148 valence electrons. The standard InChI is InChI=1S/C19H21N3O5S/c1-25-13-10-16(19(17(11-13)26-2)27-8-9-28(3,23)24)22-18-12-20-14-6-4-5-7-15(14)21-18/h4-7,10-12H,8-9H2,1-3H3,(H,21,22). The molecule has 0 atom stereocenters. The first-order valence-corrected chi connectivity index (χ1v) is 10.5. The van der Waals surface area contributed by atoms with Gasteiger partial charge in [-0.3, -0.25) is 4.98 Å². The molecule has 0 saturated carbocycles. The number of para-hydroxylation sites is 2. The topological polar surface area (TPSA) is 99.6 Å². The van der Waals surface area contributed by atoms with E-state index >= 15 is 0 Å². The molecule has 28 heavy (non-hydrogen) atoms. The smallest absolute Gasteiger partial charge is 0.185 e. The van der Waals surface area contributed by atoms with E-state index in [1.54, 1.807) is 25.4 Å². The molecule has 0 aliphatic rings. The number of nitrogens with one attached hydrogen (secondary N) is 1. The van der Waals surface area contributed by atoms with Crippen LogP contribution in [-0.4, -0.2) is 51.2 Å². The summed E-state index contributed by atoms with van der Waals surface area (Å²) in [6.45, 7) is -0.0143. The number of hydrogen-bond acceptors (Lipinski definition) is 8. The van der Waals surface area contributed by atoms with Crippen LogP contribution in [0.4, 0.5) is 11.5 Å². The highest BCUT2D eigenvalue weighted by molar-refractivity contribution is 7.90. The second-order valence-electron chi connectivity index (χ2n) is 6.05. The second kappa shape index (κ2) is 8.30. The molecule has 9 heteroatoms. The highest BCUT2D eigenvalue weighted by Gasteiger charge is 2.16. The van der Waals surface area contributed by atoms with Crippen molar-refractivity contribution in [1.29, 1.82) is 0 Å². The van der Waals surface area contributed by atoms with Gasteiger partial charge in [-0.1, -0.05) is 12.1 Å². The molecule has 8 nitrogen and oxygen atoms in total. The van der Waals surface area contributed by atoms with Crippen molar-refractivity contribution < 1.29 is 22.6 Å². The molecule has 0 unspecified atom stereocenters. The van der Waals surface area contributed by atoms with Gasteiger partial charge in [0.25, 0.3) is 0 Å². The van der Waals surface area contributed by atoms with E-state index in [-0.39, 0.29) is 12.4 Å². The predicted molar refractivity (Wildman–Crippen MR) is 108 cm³/mol. The fraction of sp³-hybridized carbons (Fsp3) is 0.263. The maximum Gasteiger partial charge on any atom is 0.185 e. The fourth-order valence-corrected chi connectivity index (χ4v) is 2.92. The molecular weight excluding hydrogens is 382 g/mol. The van der Waals surface area contributed by atoms with Gasteiger partial charge >= 0.3 is 0 Å². The van der Waals surface area contributed by atoms with Gasteiger partial charge < -0.3 is 19.5 Å². The minimum atomic E-state index is -3.16. The molecular formula is C19H21N3O5S. The maximum atomic E-state index is 11.4. The molecule has 0 bridgehead atoms. The van der Waals surface area contributed by atoms with Crippen molar-refractivity contribution in [2.75, 3.05) is 38.2 Å². The number of anilines is 2.